The first-order valence-corrected chi connectivity index (χ1v) is 7.74. The number of hydrogen-bond acceptors (Lipinski definition) is 3. The van der Waals surface area contributed by atoms with E-state index in [4.69, 9.17) is 5.73 Å². The summed E-state index contributed by atoms with van der Waals surface area (Å²) >= 11 is 0. The van der Waals surface area contributed by atoms with Crippen molar-refractivity contribution in [3.63, 3.8) is 0 Å². The fourth-order valence-corrected chi connectivity index (χ4v) is 3.48. The summed E-state index contributed by atoms with van der Waals surface area (Å²) in [5, 5.41) is 3.53. The van der Waals surface area contributed by atoms with Gasteiger partial charge in [0, 0.05) is 30.9 Å². The SMILES string of the molecule is CCc1nccn1C1CCCC(NC2CC2)(C(N)=O)C1. The average Bonchev–Trinajstić information content (AvgIpc) is 3.12. The molecular formula is C15H24N4O. The minimum atomic E-state index is -0.515. The summed E-state index contributed by atoms with van der Waals surface area (Å²) in [4.78, 5) is 16.4. The molecule has 0 aliphatic heterocycles. The van der Waals surface area contributed by atoms with Crippen molar-refractivity contribution in [2.45, 2.75) is 69.5 Å². The Kier molecular flexibility index (Phi) is 3.54. The molecule has 3 rings (SSSR count). The van der Waals surface area contributed by atoms with Gasteiger partial charge in [-0.1, -0.05) is 6.92 Å². The molecule has 5 nitrogen and oxygen atoms in total. The summed E-state index contributed by atoms with van der Waals surface area (Å²) in [7, 11) is 0. The zero-order valence-corrected chi connectivity index (χ0v) is 12.1. The Bertz CT molecular complexity index is 494. The maximum absolute atomic E-state index is 12.0. The Morgan fingerprint density at radius 2 is 2.35 bits per heavy atom. The fraction of sp³-hybridized carbons (Fsp3) is 0.733. The third-order valence-corrected chi connectivity index (χ3v) is 4.71. The van der Waals surface area contributed by atoms with Crippen LogP contribution in [0.15, 0.2) is 12.4 Å². The zero-order valence-electron chi connectivity index (χ0n) is 12.1. The van der Waals surface area contributed by atoms with Gasteiger partial charge in [0.2, 0.25) is 5.91 Å². The van der Waals surface area contributed by atoms with E-state index in [1.54, 1.807) is 0 Å². The Hall–Kier alpha value is -1.36. The summed E-state index contributed by atoms with van der Waals surface area (Å²) < 4.78 is 2.24. The number of carbonyl (C=O) groups is 1. The molecule has 0 radical (unpaired) electrons. The van der Waals surface area contributed by atoms with Gasteiger partial charge in [0.1, 0.15) is 5.82 Å². The predicted molar refractivity (Wildman–Crippen MR) is 77.2 cm³/mol. The van der Waals surface area contributed by atoms with Crippen LogP contribution in [-0.4, -0.2) is 27.0 Å². The third kappa shape index (κ3) is 2.46. The lowest BCUT2D eigenvalue weighted by Crippen LogP contribution is -2.58. The molecule has 2 saturated carbocycles. The van der Waals surface area contributed by atoms with Crippen LogP contribution in [0.25, 0.3) is 0 Å². The van der Waals surface area contributed by atoms with Crippen molar-refractivity contribution in [1.82, 2.24) is 14.9 Å². The fourth-order valence-electron chi connectivity index (χ4n) is 3.48. The number of rotatable bonds is 5. The van der Waals surface area contributed by atoms with Crippen molar-refractivity contribution in [2.75, 3.05) is 0 Å². The Morgan fingerprint density at radius 1 is 1.55 bits per heavy atom. The van der Waals surface area contributed by atoms with Crippen molar-refractivity contribution in [3.8, 4) is 0 Å². The molecular weight excluding hydrogens is 252 g/mol. The topological polar surface area (TPSA) is 72.9 Å². The molecule has 1 heterocycles. The lowest BCUT2D eigenvalue weighted by atomic mass is 9.78. The highest BCUT2D eigenvalue weighted by Gasteiger charge is 2.45. The van der Waals surface area contributed by atoms with E-state index in [2.05, 4.69) is 21.8 Å². The average molecular weight is 276 g/mol. The van der Waals surface area contributed by atoms with Gasteiger partial charge in [-0.3, -0.25) is 4.79 Å². The van der Waals surface area contributed by atoms with Crippen LogP contribution in [0.3, 0.4) is 0 Å². The standard InChI is InChI=1S/C15H24N4O/c1-2-13-17-8-9-19(13)12-4-3-7-15(10-12,14(16)20)18-11-5-6-11/h8-9,11-12,18H,2-7,10H2,1H3,(H2,16,20). The van der Waals surface area contributed by atoms with Crippen LogP contribution in [-0.2, 0) is 11.2 Å². The summed E-state index contributed by atoms with van der Waals surface area (Å²) in [5.74, 6) is 0.911. The normalized spacial score (nSPS) is 30.4. The molecule has 2 atom stereocenters. The highest BCUT2D eigenvalue weighted by atomic mass is 16.1. The number of nitrogens with zero attached hydrogens (tertiary/aromatic N) is 2. The number of primary amides is 1. The minimum Gasteiger partial charge on any atom is -0.368 e. The van der Waals surface area contributed by atoms with E-state index < -0.39 is 5.54 Å². The van der Waals surface area contributed by atoms with Crippen LogP contribution in [0.2, 0.25) is 0 Å². The van der Waals surface area contributed by atoms with E-state index in [9.17, 15) is 4.79 Å². The van der Waals surface area contributed by atoms with Crippen molar-refractivity contribution >= 4 is 5.91 Å². The second kappa shape index (κ2) is 5.20. The van der Waals surface area contributed by atoms with E-state index in [-0.39, 0.29) is 5.91 Å². The van der Waals surface area contributed by atoms with Crippen LogP contribution in [0.5, 0.6) is 0 Å². The maximum Gasteiger partial charge on any atom is 0.237 e. The number of aromatic nitrogens is 2. The van der Waals surface area contributed by atoms with E-state index in [1.165, 1.54) is 12.8 Å². The molecule has 2 aliphatic carbocycles. The Morgan fingerprint density at radius 3 is 3.00 bits per heavy atom. The number of hydrogen-bond donors (Lipinski definition) is 2. The van der Waals surface area contributed by atoms with Crippen molar-refractivity contribution in [3.05, 3.63) is 18.2 Å². The Labute approximate surface area is 119 Å². The van der Waals surface area contributed by atoms with Gasteiger partial charge in [-0.2, -0.15) is 0 Å². The highest BCUT2D eigenvalue weighted by molar-refractivity contribution is 5.85. The first-order chi connectivity index (χ1) is 9.64. The Balaban J connectivity index is 1.82. The lowest BCUT2D eigenvalue weighted by Gasteiger charge is -2.40. The van der Waals surface area contributed by atoms with Gasteiger partial charge < -0.3 is 15.6 Å². The number of aryl methyl sites for hydroxylation is 1. The van der Waals surface area contributed by atoms with Gasteiger partial charge in [0.15, 0.2) is 0 Å². The molecule has 2 unspecified atom stereocenters. The zero-order chi connectivity index (χ0) is 14.2. The minimum absolute atomic E-state index is 0.188. The number of nitrogens with two attached hydrogens (primary N) is 1. The van der Waals surface area contributed by atoms with Crippen molar-refractivity contribution < 1.29 is 4.79 Å². The first kappa shape index (κ1) is 13.6. The van der Waals surface area contributed by atoms with Gasteiger partial charge in [-0.25, -0.2) is 4.98 Å². The molecule has 1 aromatic rings. The van der Waals surface area contributed by atoms with Gasteiger partial charge in [0.05, 0.1) is 5.54 Å². The molecule has 1 amide bonds. The molecule has 0 bridgehead atoms. The molecule has 2 fully saturated rings. The van der Waals surface area contributed by atoms with E-state index in [0.717, 1.165) is 37.9 Å². The quantitative estimate of drug-likeness (QED) is 0.856. The molecule has 110 valence electrons. The van der Waals surface area contributed by atoms with E-state index >= 15 is 0 Å². The summed E-state index contributed by atoms with van der Waals surface area (Å²) in [6.45, 7) is 2.12. The van der Waals surface area contributed by atoms with E-state index in [1.807, 2.05) is 12.4 Å². The van der Waals surface area contributed by atoms with Crippen LogP contribution in [0.4, 0.5) is 0 Å². The number of carbonyl (C=O) groups excluding carboxylic acids is 1. The van der Waals surface area contributed by atoms with Gasteiger partial charge in [-0.15, -0.1) is 0 Å². The van der Waals surface area contributed by atoms with Crippen LogP contribution < -0.4 is 11.1 Å². The third-order valence-electron chi connectivity index (χ3n) is 4.71. The summed E-state index contributed by atoms with van der Waals surface area (Å²) in [6, 6.07) is 0.828. The van der Waals surface area contributed by atoms with E-state index in [0.29, 0.717) is 12.1 Å². The number of imidazole rings is 1. The smallest absolute Gasteiger partial charge is 0.237 e. The molecule has 2 aliphatic rings. The van der Waals surface area contributed by atoms with Crippen LogP contribution in [0.1, 0.15) is 57.3 Å². The molecule has 0 aromatic carbocycles. The monoisotopic (exact) mass is 276 g/mol. The molecule has 5 heteroatoms. The largest absolute Gasteiger partial charge is 0.368 e. The summed E-state index contributed by atoms with van der Waals surface area (Å²) in [6.07, 6.45) is 11.0. The second-order valence-corrected chi connectivity index (χ2v) is 6.22. The number of amides is 1. The molecule has 3 N–H and O–H groups in total. The molecule has 0 spiro atoms. The maximum atomic E-state index is 12.0. The van der Waals surface area contributed by atoms with Crippen molar-refractivity contribution in [1.29, 1.82) is 0 Å². The molecule has 1 aromatic heterocycles. The predicted octanol–water partition coefficient (Wildman–Crippen LogP) is 1.54. The first-order valence-electron chi connectivity index (χ1n) is 7.74. The van der Waals surface area contributed by atoms with Gasteiger partial charge >= 0.3 is 0 Å². The summed E-state index contributed by atoms with van der Waals surface area (Å²) in [5.41, 5.74) is 5.22. The van der Waals surface area contributed by atoms with Gasteiger partial charge in [-0.05, 0) is 38.5 Å². The molecule has 20 heavy (non-hydrogen) atoms. The van der Waals surface area contributed by atoms with Crippen molar-refractivity contribution in [2.24, 2.45) is 5.73 Å². The number of nitrogens with one attached hydrogen (secondary N) is 1. The lowest BCUT2D eigenvalue weighted by molar-refractivity contribution is -0.126. The van der Waals surface area contributed by atoms with Gasteiger partial charge in [0.25, 0.3) is 0 Å². The highest BCUT2D eigenvalue weighted by Crippen LogP contribution is 2.38. The van der Waals surface area contributed by atoms with Crippen LogP contribution >= 0.6 is 0 Å². The molecule has 0 saturated heterocycles. The second-order valence-electron chi connectivity index (χ2n) is 6.22. The van der Waals surface area contributed by atoms with Crippen LogP contribution in [0, 0.1) is 0 Å².